The maximum absolute atomic E-state index is 11.3. The van der Waals surface area contributed by atoms with E-state index in [1.54, 1.807) is 12.1 Å². The van der Waals surface area contributed by atoms with Crippen molar-refractivity contribution < 1.29 is 9.90 Å². The third kappa shape index (κ3) is 3.31. The summed E-state index contributed by atoms with van der Waals surface area (Å²) in [5, 5.41) is 9.26. The zero-order valence-electron chi connectivity index (χ0n) is 18.6. The van der Waals surface area contributed by atoms with Crippen molar-refractivity contribution in [2.75, 3.05) is 0 Å². The van der Waals surface area contributed by atoms with Gasteiger partial charge in [-0.05, 0) is 82.9 Å². The third-order valence-corrected chi connectivity index (χ3v) is 7.55. The Hall–Kier alpha value is -2.09. The highest BCUT2D eigenvalue weighted by molar-refractivity contribution is 5.87. The molecule has 1 N–H and O–H groups in total. The first kappa shape index (κ1) is 20.2. The lowest BCUT2D eigenvalue weighted by molar-refractivity contribution is 0.0697. The highest BCUT2D eigenvalue weighted by Crippen LogP contribution is 2.57. The Morgan fingerprint density at radius 2 is 1.41 bits per heavy atom. The van der Waals surface area contributed by atoms with Crippen LogP contribution in [0.2, 0.25) is 0 Å². The fourth-order valence-corrected chi connectivity index (χ4v) is 5.35. The number of carbonyl (C=O) groups is 1. The highest BCUT2D eigenvalue weighted by atomic mass is 16.4. The van der Waals surface area contributed by atoms with Gasteiger partial charge in [-0.2, -0.15) is 0 Å². The van der Waals surface area contributed by atoms with Crippen LogP contribution in [0.3, 0.4) is 0 Å². The topological polar surface area (TPSA) is 37.3 Å². The van der Waals surface area contributed by atoms with Crippen LogP contribution >= 0.6 is 0 Å². The van der Waals surface area contributed by atoms with Gasteiger partial charge in [-0.1, -0.05) is 65.3 Å². The van der Waals surface area contributed by atoms with Crippen LogP contribution in [0.1, 0.15) is 105 Å². The summed E-state index contributed by atoms with van der Waals surface area (Å²) in [6.07, 6.45) is 7.01. The molecule has 0 saturated heterocycles. The molecular weight excluding hydrogens is 356 g/mol. The molecule has 1 saturated carbocycles. The fourth-order valence-electron chi connectivity index (χ4n) is 5.35. The van der Waals surface area contributed by atoms with Crippen molar-refractivity contribution in [1.82, 2.24) is 0 Å². The molecule has 2 aromatic rings. The maximum Gasteiger partial charge on any atom is 0.335 e. The predicted molar refractivity (Wildman–Crippen MR) is 119 cm³/mol. The third-order valence-electron chi connectivity index (χ3n) is 7.55. The summed E-state index contributed by atoms with van der Waals surface area (Å²) in [5.74, 6) is -0.856. The van der Waals surface area contributed by atoms with Crippen LogP contribution in [0, 0.1) is 0 Å². The van der Waals surface area contributed by atoms with Crippen molar-refractivity contribution >= 4 is 5.97 Å². The van der Waals surface area contributed by atoms with Gasteiger partial charge in [0.2, 0.25) is 0 Å². The normalized spacial score (nSPS) is 20.7. The summed E-state index contributed by atoms with van der Waals surface area (Å²) >= 11 is 0. The lowest BCUT2D eigenvalue weighted by Crippen LogP contribution is -2.34. The molecule has 0 aliphatic heterocycles. The lowest BCUT2D eigenvalue weighted by Gasteiger charge is -2.43. The molecule has 1 fully saturated rings. The quantitative estimate of drug-likeness (QED) is 0.612. The summed E-state index contributed by atoms with van der Waals surface area (Å²) in [4.78, 5) is 11.3. The molecular formula is C27H34O2. The maximum atomic E-state index is 11.3. The fraction of sp³-hybridized carbons (Fsp3) is 0.519. The van der Waals surface area contributed by atoms with E-state index < -0.39 is 5.97 Å². The second-order valence-corrected chi connectivity index (χ2v) is 10.5. The summed E-state index contributed by atoms with van der Waals surface area (Å²) in [6.45, 7) is 11.8. The van der Waals surface area contributed by atoms with E-state index in [2.05, 4.69) is 46.8 Å². The number of aromatic carboxylic acids is 1. The number of hydrogen-bond donors (Lipinski definition) is 1. The minimum atomic E-state index is -0.856. The van der Waals surface area contributed by atoms with Crippen LogP contribution in [0.15, 0.2) is 36.4 Å². The average Bonchev–Trinajstić information content (AvgIpc) is 3.47. The van der Waals surface area contributed by atoms with E-state index in [4.69, 9.17) is 0 Å². The molecule has 0 heterocycles. The monoisotopic (exact) mass is 390 g/mol. The van der Waals surface area contributed by atoms with Crippen LogP contribution in [-0.2, 0) is 22.7 Å². The summed E-state index contributed by atoms with van der Waals surface area (Å²) in [6, 6.07) is 12.7. The van der Waals surface area contributed by atoms with E-state index in [0.717, 1.165) is 25.7 Å². The molecule has 2 aliphatic carbocycles. The Balaban J connectivity index is 1.88. The summed E-state index contributed by atoms with van der Waals surface area (Å²) in [7, 11) is 0. The Morgan fingerprint density at radius 1 is 0.862 bits per heavy atom. The van der Waals surface area contributed by atoms with Crippen molar-refractivity contribution in [3.8, 4) is 0 Å². The SMILES string of the molecule is CCCc1cc2c(cc1C1(c3ccc(C(=O)O)cc3)CC1)C(C)(C)CCC2(C)C. The lowest BCUT2D eigenvalue weighted by atomic mass is 9.61. The molecule has 2 nitrogen and oxygen atoms in total. The van der Waals surface area contributed by atoms with Gasteiger partial charge in [-0.3, -0.25) is 0 Å². The largest absolute Gasteiger partial charge is 0.478 e. The van der Waals surface area contributed by atoms with Crippen molar-refractivity contribution in [1.29, 1.82) is 0 Å². The predicted octanol–water partition coefficient (Wildman–Crippen LogP) is 6.77. The molecule has 2 aliphatic rings. The van der Waals surface area contributed by atoms with Crippen LogP contribution < -0.4 is 0 Å². The summed E-state index contributed by atoms with van der Waals surface area (Å²) in [5.41, 5.74) is 8.19. The van der Waals surface area contributed by atoms with Gasteiger partial charge in [0.25, 0.3) is 0 Å². The zero-order chi connectivity index (χ0) is 21.0. The van der Waals surface area contributed by atoms with Crippen molar-refractivity contribution in [3.63, 3.8) is 0 Å². The first-order valence-corrected chi connectivity index (χ1v) is 11.1. The molecule has 154 valence electrons. The van der Waals surface area contributed by atoms with Crippen LogP contribution in [-0.4, -0.2) is 11.1 Å². The number of benzene rings is 2. The number of carboxylic acids is 1. The Kier molecular flexibility index (Phi) is 4.68. The molecule has 0 amide bonds. The van der Waals surface area contributed by atoms with Crippen LogP contribution in [0.5, 0.6) is 0 Å². The van der Waals surface area contributed by atoms with Crippen LogP contribution in [0.25, 0.3) is 0 Å². The highest BCUT2D eigenvalue weighted by Gasteiger charge is 2.48. The number of aryl methyl sites for hydroxylation is 1. The smallest absolute Gasteiger partial charge is 0.335 e. The van der Waals surface area contributed by atoms with Gasteiger partial charge in [0, 0.05) is 5.41 Å². The van der Waals surface area contributed by atoms with Crippen molar-refractivity contribution in [3.05, 3.63) is 69.8 Å². The van der Waals surface area contributed by atoms with E-state index in [0.29, 0.717) is 5.56 Å². The molecule has 0 spiro atoms. The van der Waals surface area contributed by atoms with E-state index in [9.17, 15) is 9.90 Å². The summed E-state index contributed by atoms with van der Waals surface area (Å²) < 4.78 is 0. The Morgan fingerprint density at radius 3 is 1.90 bits per heavy atom. The number of fused-ring (bicyclic) bond motifs is 1. The zero-order valence-corrected chi connectivity index (χ0v) is 18.6. The van der Waals surface area contributed by atoms with Gasteiger partial charge < -0.3 is 5.11 Å². The van der Waals surface area contributed by atoms with Gasteiger partial charge in [0.05, 0.1) is 5.56 Å². The molecule has 2 heteroatoms. The minimum absolute atomic E-state index is 0.0637. The second-order valence-electron chi connectivity index (χ2n) is 10.5. The molecule has 0 unspecified atom stereocenters. The second kappa shape index (κ2) is 6.72. The Bertz CT molecular complexity index is 943. The van der Waals surface area contributed by atoms with Crippen molar-refractivity contribution in [2.45, 2.75) is 89.4 Å². The van der Waals surface area contributed by atoms with E-state index in [1.807, 2.05) is 12.1 Å². The first-order chi connectivity index (χ1) is 13.6. The first-order valence-electron chi connectivity index (χ1n) is 11.1. The molecule has 0 radical (unpaired) electrons. The van der Waals surface area contributed by atoms with E-state index >= 15 is 0 Å². The average molecular weight is 391 g/mol. The number of rotatable bonds is 5. The molecule has 0 atom stereocenters. The van der Waals surface area contributed by atoms with Gasteiger partial charge in [0.15, 0.2) is 0 Å². The standard InChI is InChI=1S/C27H34O2/c1-6-7-19-16-22-23(26(4,5)13-12-25(22,2)3)17-21(19)27(14-15-27)20-10-8-18(9-11-20)24(28)29/h8-11,16-17H,6-7,12-15H2,1-5H3,(H,28,29). The van der Waals surface area contributed by atoms with E-state index in [-0.39, 0.29) is 16.2 Å². The van der Waals surface area contributed by atoms with Crippen molar-refractivity contribution in [2.24, 2.45) is 0 Å². The number of hydrogen-bond acceptors (Lipinski definition) is 1. The molecule has 0 aromatic heterocycles. The van der Waals surface area contributed by atoms with Gasteiger partial charge in [-0.25, -0.2) is 4.79 Å². The molecule has 29 heavy (non-hydrogen) atoms. The van der Waals surface area contributed by atoms with Gasteiger partial charge in [0.1, 0.15) is 0 Å². The Labute approximate surface area is 175 Å². The minimum Gasteiger partial charge on any atom is -0.478 e. The van der Waals surface area contributed by atoms with Gasteiger partial charge in [-0.15, -0.1) is 0 Å². The van der Waals surface area contributed by atoms with E-state index in [1.165, 1.54) is 40.7 Å². The van der Waals surface area contributed by atoms with Gasteiger partial charge >= 0.3 is 5.97 Å². The molecule has 0 bridgehead atoms. The molecule has 4 rings (SSSR count). The molecule has 2 aromatic carbocycles. The van der Waals surface area contributed by atoms with Crippen LogP contribution in [0.4, 0.5) is 0 Å². The number of carboxylic acid groups (broad SMARTS) is 1.